The first kappa shape index (κ1) is 13.4. The lowest BCUT2D eigenvalue weighted by atomic mass is 10.2. The molecule has 0 atom stereocenters. The average molecular weight is 336 g/mol. The van der Waals surface area contributed by atoms with Crippen molar-refractivity contribution < 1.29 is 4.39 Å². The number of pyridine rings is 1. The summed E-state index contributed by atoms with van der Waals surface area (Å²) in [5.74, 6) is 0.119. The van der Waals surface area contributed by atoms with E-state index in [4.69, 9.17) is 5.73 Å². The predicted octanol–water partition coefficient (Wildman–Crippen LogP) is 3.73. The van der Waals surface area contributed by atoms with Crippen molar-refractivity contribution in [3.05, 3.63) is 52.4 Å². The summed E-state index contributed by atoms with van der Waals surface area (Å²) in [4.78, 5) is 6.26. The highest BCUT2D eigenvalue weighted by Gasteiger charge is 2.31. The van der Waals surface area contributed by atoms with Crippen LogP contribution in [0.15, 0.2) is 41.0 Å². The molecule has 1 aliphatic carbocycles. The molecule has 0 radical (unpaired) electrons. The van der Waals surface area contributed by atoms with Gasteiger partial charge in [-0.2, -0.15) is 0 Å². The predicted molar refractivity (Wildman–Crippen MR) is 82.0 cm³/mol. The number of nitrogens with zero attached hydrogens (tertiary/aromatic N) is 2. The maximum atomic E-state index is 14.1. The third kappa shape index (κ3) is 2.93. The summed E-state index contributed by atoms with van der Waals surface area (Å²) in [5.41, 5.74) is 7.59. The van der Waals surface area contributed by atoms with Crippen molar-refractivity contribution in [1.82, 2.24) is 4.98 Å². The number of hydrogen-bond acceptors (Lipinski definition) is 3. The Labute approximate surface area is 125 Å². The van der Waals surface area contributed by atoms with Crippen LogP contribution < -0.4 is 10.6 Å². The highest BCUT2D eigenvalue weighted by atomic mass is 79.9. The zero-order valence-corrected chi connectivity index (χ0v) is 12.5. The second-order valence-corrected chi connectivity index (χ2v) is 5.98. The van der Waals surface area contributed by atoms with Gasteiger partial charge < -0.3 is 10.6 Å². The van der Waals surface area contributed by atoms with E-state index in [0.717, 1.165) is 24.1 Å². The van der Waals surface area contributed by atoms with Gasteiger partial charge in [0.25, 0.3) is 0 Å². The molecule has 0 spiro atoms. The average Bonchev–Trinajstić information content (AvgIpc) is 3.21. The monoisotopic (exact) mass is 335 g/mol. The first-order valence-electron chi connectivity index (χ1n) is 6.55. The Morgan fingerprint density at radius 2 is 2.15 bits per heavy atom. The summed E-state index contributed by atoms with van der Waals surface area (Å²) in [6, 6.07) is 9.52. The van der Waals surface area contributed by atoms with Gasteiger partial charge in [-0.25, -0.2) is 9.37 Å². The number of aromatic nitrogens is 1. The number of hydrogen-bond donors (Lipinski definition) is 1. The fraction of sp³-hybridized carbons (Fsp3) is 0.267. The molecule has 1 aromatic heterocycles. The lowest BCUT2D eigenvalue weighted by Gasteiger charge is -2.24. The minimum absolute atomic E-state index is 0.296. The van der Waals surface area contributed by atoms with Crippen LogP contribution >= 0.6 is 15.9 Å². The summed E-state index contributed by atoms with van der Waals surface area (Å²) in [6.07, 6.45) is 3.80. The van der Waals surface area contributed by atoms with Crippen molar-refractivity contribution in [2.45, 2.75) is 25.4 Å². The van der Waals surface area contributed by atoms with E-state index in [-0.39, 0.29) is 5.82 Å². The smallest absolute Gasteiger partial charge is 0.166 e. The Hall–Kier alpha value is -1.62. The maximum Gasteiger partial charge on any atom is 0.166 e. The van der Waals surface area contributed by atoms with E-state index in [1.165, 1.54) is 6.07 Å². The van der Waals surface area contributed by atoms with Crippen LogP contribution in [0.1, 0.15) is 18.4 Å². The summed E-state index contributed by atoms with van der Waals surface area (Å²) in [5, 5.41) is 0. The third-order valence-corrected chi connectivity index (χ3v) is 3.79. The van der Waals surface area contributed by atoms with E-state index in [1.807, 2.05) is 29.2 Å². The van der Waals surface area contributed by atoms with Gasteiger partial charge in [-0.3, -0.25) is 0 Å². The van der Waals surface area contributed by atoms with Crippen molar-refractivity contribution in [2.24, 2.45) is 0 Å². The quantitative estimate of drug-likeness (QED) is 0.865. The second kappa shape index (κ2) is 5.40. The lowest BCUT2D eigenvalue weighted by Crippen LogP contribution is -2.27. The van der Waals surface area contributed by atoms with E-state index in [1.54, 1.807) is 6.20 Å². The molecule has 1 aromatic carbocycles. The van der Waals surface area contributed by atoms with Crippen LogP contribution in [0.2, 0.25) is 0 Å². The maximum absolute atomic E-state index is 14.1. The van der Waals surface area contributed by atoms with E-state index < -0.39 is 0 Å². The molecule has 1 heterocycles. The van der Waals surface area contributed by atoms with Gasteiger partial charge in [0.1, 0.15) is 0 Å². The summed E-state index contributed by atoms with van der Waals surface area (Å²) >= 11 is 3.24. The largest absolute Gasteiger partial charge is 0.399 e. The normalized spacial score (nSPS) is 14.3. The number of nitrogens with two attached hydrogens (primary N) is 1. The molecule has 1 aliphatic rings. The van der Waals surface area contributed by atoms with Crippen LogP contribution in [0.3, 0.4) is 0 Å². The molecular weight excluding hydrogens is 321 g/mol. The molecule has 104 valence electrons. The van der Waals surface area contributed by atoms with Crippen molar-refractivity contribution in [2.75, 3.05) is 10.6 Å². The Bertz CT molecular complexity index is 628. The van der Waals surface area contributed by atoms with Gasteiger partial charge in [-0.1, -0.05) is 12.1 Å². The molecule has 20 heavy (non-hydrogen) atoms. The van der Waals surface area contributed by atoms with Gasteiger partial charge >= 0.3 is 0 Å². The molecule has 3 rings (SSSR count). The summed E-state index contributed by atoms with van der Waals surface area (Å²) in [7, 11) is 0. The van der Waals surface area contributed by atoms with Crippen molar-refractivity contribution >= 4 is 27.4 Å². The van der Waals surface area contributed by atoms with Crippen LogP contribution in [0.5, 0.6) is 0 Å². The zero-order chi connectivity index (χ0) is 14.1. The molecule has 2 aromatic rings. The van der Waals surface area contributed by atoms with Crippen LogP contribution in [-0.2, 0) is 6.54 Å². The molecule has 0 saturated heterocycles. The molecule has 2 N–H and O–H groups in total. The first-order chi connectivity index (χ1) is 9.63. The van der Waals surface area contributed by atoms with Crippen molar-refractivity contribution in [3.63, 3.8) is 0 Å². The van der Waals surface area contributed by atoms with Gasteiger partial charge in [-0.15, -0.1) is 0 Å². The van der Waals surface area contributed by atoms with E-state index in [0.29, 0.717) is 22.9 Å². The fourth-order valence-electron chi connectivity index (χ4n) is 2.27. The van der Waals surface area contributed by atoms with Crippen molar-refractivity contribution in [1.29, 1.82) is 0 Å². The van der Waals surface area contributed by atoms with Crippen LogP contribution in [-0.4, -0.2) is 11.0 Å². The number of nitrogen functional groups attached to an aromatic ring is 1. The van der Waals surface area contributed by atoms with E-state index in [9.17, 15) is 4.39 Å². The molecule has 1 fully saturated rings. The molecule has 0 aliphatic heterocycles. The van der Waals surface area contributed by atoms with Crippen LogP contribution in [0.4, 0.5) is 15.9 Å². The minimum Gasteiger partial charge on any atom is -0.399 e. The van der Waals surface area contributed by atoms with Gasteiger partial charge in [0.05, 0.1) is 0 Å². The molecule has 0 unspecified atom stereocenters. The molecule has 3 nitrogen and oxygen atoms in total. The number of benzene rings is 1. The number of anilines is 2. The van der Waals surface area contributed by atoms with Gasteiger partial charge in [-0.05, 0) is 52.5 Å². The lowest BCUT2D eigenvalue weighted by molar-refractivity contribution is 0.605. The number of rotatable bonds is 4. The first-order valence-corrected chi connectivity index (χ1v) is 7.35. The van der Waals surface area contributed by atoms with Crippen molar-refractivity contribution in [3.8, 4) is 0 Å². The standard InChI is InChI=1S/C15H15BrFN3/c16-11-7-14(17)15(19-8-11)20(13-4-5-13)9-10-2-1-3-12(18)6-10/h1-3,6-8,13H,4-5,9,18H2. The Morgan fingerprint density at radius 1 is 1.35 bits per heavy atom. The molecule has 0 bridgehead atoms. The Kier molecular flexibility index (Phi) is 3.61. The second-order valence-electron chi connectivity index (χ2n) is 5.06. The summed E-state index contributed by atoms with van der Waals surface area (Å²) < 4.78 is 14.8. The van der Waals surface area contributed by atoms with Gasteiger partial charge in [0.15, 0.2) is 11.6 Å². The molecule has 1 saturated carbocycles. The van der Waals surface area contributed by atoms with E-state index in [2.05, 4.69) is 20.9 Å². The van der Waals surface area contributed by atoms with Gasteiger partial charge in [0, 0.05) is 28.9 Å². The van der Waals surface area contributed by atoms with Crippen LogP contribution in [0.25, 0.3) is 0 Å². The van der Waals surface area contributed by atoms with Gasteiger partial charge in [0.2, 0.25) is 0 Å². The Balaban J connectivity index is 1.89. The van der Waals surface area contributed by atoms with E-state index >= 15 is 0 Å². The summed E-state index contributed by atoms with van der Waals surface area (Å²) in [6.45, 7) is 0.626. The topological polar surface area (TPSA) is 42.1 Å². The third-order valence-electron chi connectivity index (χ3n) is 3.35. The highest BCUT2D eigenvalue weighted by molar-refractivity contribution is 9.10. The Morgan fingerprint density at radius 3 is 2.80 bits per heavy atom. The minimum atomic E-state index is -0.296. The molecule has 5 heteroatoms. The SMILES string of the molecule is Nc1cccc(CN(c2ncc(Br)cc2F)C2CC2)c1. The zero-order valence-electron chi connectivity index (χ0n) is 10.9. The molecular formula is C15H15BrFN3. The fourth-order valence-corrected chi connectivity index (χ4v) is 2.57. The van der Waals surface area contributed by atoms with Crippen LogP contribution in [0, 0.1) is 5.82 Å². The molecule has 0 amide bonds. The highest BCUT2D eigenvalue weighted by Crippen LogP contribution is 2.34. The number of halogens is 2.